The topological polar surface area (TPSA) is 298 Å². The smallest absolute Gasteiger partial charge is 1.00 e. The summed E-state index contributed by atoms with van der Waals surface area (Å²) in [5, 5.41) is 20.7. The van der Waals surface area contributed by atoms with Crippen molar-refractivity contribution in [3.8, 4) is 23.0 Å². The number of alkyl halides is 1. The Morgan fingerprint density at radius 3 is 1.09 bits per heavy atom. The van der Waals surface area contributed by atoms with E-state index in [0.717, 1.165) is 92.1 Å². The van der Waals surface area contributed by atoms with Gasteiger partial charge in [0, 0.05) is 36.3 Å². The number of aromatic hydroxyl groups is 1. The van der Waals surface area contributed by atoms with E-state index in [1.807, 2.05) is 93.6 Å². The molecule has 2 heterocycles. The van der Waals surface area contributed by atoms with E-state index in [0.29, 0.717) is 60.9 Å². The number of fused-ring (bicyclic) bond motifs is 2. The van der Waals surface area contributed by atoms with Crippen LogP contribution in [0.1, 0.15) is 144 Å². The zero-order valence-electron chi connectivity index (χ0n) is 58.6. The van der Waals surface area contributed by atoms with Crippen LogP contribution in [-0.4, -0.2) is 132 Å². The summed E-state index contributed by atoms with van der Waals surface area (Å²) < 4.78 is 39.5. The molecule has 0 radical (unpaired) electrons. The third-order valence-corrected chi connectivity index (χ3v) is 14.4. The molecular formula is C70H85Br5K2N4O18. The zero-order valence-corrected chi connectivity index (χ0v) is 71.8. The number of carbonyl (C=O) groups is 8. The standard InChI is InChI=1S/C18H16BrNO3.C13H18BrNO3.C12H12BrNO2.C10H14BrNO.C10H18O5.C6H5BrO.CH2O3.2K.H/c19-13-7-9-14(10-8-13)23-12-4-3-11-20-17(21)15-5-1-2-6-16(15)18(20)22;1-13(2,3)18-12(16)15-8-9-17-11-6-4-10(14)5-7-11;13-7-3-4-8-14-11(15)9-5-1-2-6-10(9)12(14)16;11-9-3-5-10(6-4-9)13-8-2-1-7-12;1-9(2,3)14-7(11)13-8(12)15-10(4,5)6;7-5-1-3-6(8)4-2-5;2-1-4-3;;;/h1-2,5-10H,3-4,11-12H2;4-7H,8-9H2,1-3H3,(H,15,16);1-2,5-6H,3-4,7-8H2;3-6H,1-2,7-8,12H2;1-6H3;1-4,8H;1,3H;;;/q;;;;;;;2*+1;-1/p-1. The third-order valence-electron chi connectivity index (χ3n) is 11.7. The molecule has 0 fully saturated rings. The Morgan fingerprint density at radius 2 is 0.798 bits per heavy atom. The maximum Gasteiger partial charge on any atom is 1.00 e. The number of nitrogens with one attached hydrogen (secondary N) is 1. The SMILES string of the molecule is CC(C)(C)OC(=O)NCCOc1ccc(Br)cc1.CC(C)(C)OC(=O)OC(=O)OC(C)(C)C.NCCCCOc1ccc(Br)cc1.O=C1c2ccccc2C(=O)N1CCCCBr.O=C1c2ccccc2C(=O)N1CCCCOc1ccc(Br)cc1.O=CO[O-].Oc1ccc(Br)cc1.[H-].[K+].[K+]. The molecule has 8 rings (SSSR count). The monoisotopic (exact) mass is 1740 g/mol. The van der Waals surface area contributed by atoms with Gasteiger partial charge in [-0.25, -0.2) is 14.4 Å². The molecule has 6 aromatic carbocycles. The third kappa shape index (κ3) is 42.9. The van der Waals surface area contributed by atoms with Crippen molar-refractivity contribution in [1.29, 1.82) is 0 Å². The van der Waals surface area contributed by atoms with E-state index >= 15 is 0 Å². The van der Waals surface area contributed by atoms with Crippen LogP contribution in [0.4, 0.5) is 14.4 Å². The fourth-order valence-corrected chi connectivity index (χ4v) is 8.98. The van der Waals surface area contributed by atoms with Crippen LogP contribution in [0.15, 0.2) is 163 Å². The van der Waals surface area contributed by atoms with Gasteiger partial charge in [-0.1, -0.05) is 104 Å². The molecule has 0 bridgehead atoms. The Labute approximate surface area is 708 Å². The minimum atomic E-state index is -1.06. The number of hydrogen-bond donors (Lipinski definition) is 3. The number of imide groups is 2. The maximum atomic E-state index is 12.2. The number of hydrogen-bond acceptors (Lipinski definition) is 19. The van der Waals surface area contributed by atoms with Crippen molar-refractivity contribution in [2.45, 2.75) is 118 Å². The minimum Gasteiger partial charge on any atom is -1.00 e. The van der Waals surface area contributed by atoms with Crippen LogP contribution < -0.4 is 133 Å². The van der Waals surface area contributed by atoms with Crippen molar-refractivity contribution in [2.75, 3.05) is 51.3 Å². The fraction of sp³-hybridized carbons (Fsp3) is 0.371. The minimum absolute atomic E-state index is 0. The Kier molecular flexibility index (Phi) is 49.8. The van der Waals surface area contributed by atoms with Crippen molar-refractivity contribution in [3.63, 3.8) is 0 Å². The molecule has 4 N–H and O–H groups in total. The number of amides is 5. The Morgan fingerprint density at radius 1 is 0.495 bits per heavy atom. The second-order valence-electron chi connectivity index (χ2n) is 23.2. The molecule has 0 unspecified atom stereocenters. The van der Waals surface area contributed by atoms with Crippen molar-refractivity contribution in [1.82, 2.24) is 15.1 Å². The predicted octanol–water partition coefficient (Wildman–Crippen LogP) is 9.86. The van der Waals surface area contributed by atoms with E-state index in [9.17, 15) is 33.6 Å². The average molecular weight is 1750 g/mol. The van der Waals surface area contributed by atoms with Gasteiger partial charge in [0.25, 0.3) is 30.1 Å². The first-order valence-corrected chi connectivity index (χ1v) is 34.7. The van der Waals surface area contributed by atoms with Gasteiger partial charge in [-0.05, 0) is 229 Å². The summed E-state index contributed by atoms with van der Waals surface area (Å²) in [5.74, 6) is 2.09. The van der Waals surface area contributed by atoms with E-state index in [1.54, 1.807) is 114 Å². The summed E-state index contributed by atoms with van der Waals surface area (Å²) in [6.45, 7) is 19.1. The van der Waals surface area contributed by atoms with Gasteiger partial charge in [0.15, 0.2) is 0 Å². The average Bonchev–Trinajstić information content (AvgIpc) is 1.65. The maximum absolute atomic E-state index is 12.2. The van der Waals surface area contributed by atoms with Crippen LogP contribution >= 0.6 is 79.6 Å². The summed E-state index contributed by atoms with van der Waals surface area (Å²) >= 11 is 16.6. The first kappa shape index (κ1) is 94.9. The molecule has 0 saturated carbocycles. The van der Waals surface area contributed by atoms with Crippen LogP contribution in [0.2, 0.25) is 0 Å². The van der Waals surface area contributed by atoms with Gasteiger partial charge in [0.2, 0.25) is 0 Å². The predicted molar refractivity (Wildman–Crippen MR) is 385 cm³/mol. The van der Waals surface area contributed by atoms with E-state index in [-0.39, 0.29) is 134 Å². The van der Waals surface area contributed by atoms with Gasteiger partial charge in [0.05, 0.1) is 42.0 Å². The van der Waals surface area contributed by atoms with Gasteiger partial charge >= 0.3 is 121 Å². The molecule has 0 spiro atoms. The molecule has 0 saturated heterocycles. The molecule has 5 amide bonds. The largest absolute Gasteiger partial charge is 1.00 e. The summed E-state index contributed by atoms with van der Waals surface area (Å²) in [6.07, 6.45) is 2.81. The quantitative estimate of drug-likeness (QED) is 0.00612. The van der Waals surface area contributed by atoms with E-state index in [1.165, 1.54) is 9.80 Å². The second kappa shape index (κ2) is 51.9. The van der Waals surface area contributed by atoms with Crippen molar-refractivity contribution in [3.05, 3.63) is 186 Å². The van der Waals surface area contributed by atoms with Gasteiger partial charge in [0.1, 0.15) is 46.4 Å². The van der Waals surface area contributed by atoms with Crippen LogP contribution in [0.5, 0.6) is 23.0 Å². The van der Waals surface area contributed by atoms with Crippen LogP contribution in [0, 0.1) is 0 Å². The first-order chi connectivity index (χ1) is 45.8. The number of nitrogens with zero attached hydrogens (tertiary/aromatic N) is 2. The molecular weight excluding hydrogens is 1660 g/mol. The number of benzene rings is 6. The number of carbonyl (C=O) groups excluding carboxylic acids is 8. The molecule has 99 heavy (non-hydrogen) atoms. The number of halogens is 5. The number of phenolic OH excluding ortho intramolecular Hbond substituents is 1. The van der Waals surface area contributed by atoms with Crippen molar-refractivity contribution in [2.24, 2.45) is 5.73 Å². The Hall–Kier alpha value is -4.13. The summed E-state index contributed by atoms with van der Waals surface area (Å²) in [4.78, 5) is 95.4. The molecule has 0 aromatic heterocycles. The van der Waals surface area contributed by atoms with Crippen LogP contribution in [0.25, 0.3) is 0 Å². The summed E-state index contributed by atoms with van der Waals surface area (Å²) in [5.41, 5.74) is 5.57. The number of alkyl carbamates (subject to hydrolysis) is 1. The normalized spacial score (nSPS) is 11.5. The van der Waals surface area contributed by atoms with Gasteiger partial charge < -0.3 is 60.9 Å². The second-order valence-corrected chi connectivity index (χ2v) is 27.7. The fourth-order valence-electron chi connectivity index (χ4n) is 7.53. The number of phenols is 1. The Balaban J connectivity index is 0. The van der Waals surface area contributed by atoms with E-state index < -0.39 is 35.2 Å². The molecule has 530 valence electrons. The first-order valence-electron chi connectivity index (χ1n) is 30.4. The summed E-state index contributed by atoms with van der Waals surface area (Å²) in [6, 6.07) is 43.8. The molecule has 0 atom stereocenters. The number of nitrogens with two attached hydrogens (primary N) is 1. The van der Waals surface area contributed by atoms with Gasteiger partial charge in [-0.3, -0.25) is 33.8 Å². The van der Waals surface area contributed by atoms with E-state index in [4.69, 9.17) is 49.3 Å². The van der Waals surface area contributed by atoms with E-state index in [2.05, 4.69) is 94.6 Å². The molecule has 0 aliphatic carbocycles. The number of unbranched alkanes of at least 4 members (excludes halogenated alkanes) is 3. The van der Waals surface area contributed by atoms with Crippen molar-refractivity contribution < 1.29 is 191 Å². The van der Waals surface area contributed by atoms with Crippen LogP contribution in [-0.2, 0) is 28.6 Å². The molecule has 22 nitrogen and oxygen atoms in total. The van der Waals surface area contributed by atoms with Gasteiger partial charge in [-0.15, -0.1) is 0 Å². The molecule has 2 aliphatic rings. The summed E-state index contributed by atoms with van der Waals surface area (Å²) in [7, 11) is 0. The molecule has 29 heteroatoms. The zero-order chi connectivity index (χ0) is 72.6. The van der Waals surface area contributed by atoms with Gasteiger partial charge in [-0.2, -0.15) is 0 Å². The number of ether oxygens (including phenoxy) is 7. The molecule has 6 aromatic rings. The van der Waals surface area contributed by atoms with Crippen LogP contribution in [0.3, 0.4) is 0 Å². The Bertz CT molecular complexity index is 3270. The molecule has 2 aliphatic heterocycles. The number of rotatable bonds is 20. The van der Waals surface area contributed by atoms with Crippen molar-refractivity contribution >= 4 is 128 Å².